The fourth-order valence-electron chi connectivity index (χ4n) is 5.07. The average molecular weight is 423 g/mol. The van der Waals surface area contributed by atoms with Crippen molar-refractivity contribution >= 4 is 22.5 Å². The Labute approximate surface area is 187 Å². The quantitative estimate of drug-likeness (QED) is 0.497. The molecule has 0 bridgehead atoms. The van der Waals surface area contributed by atoms with Crippen molar-refractivity contribution < 1.29 is 4.79 Å². The summed E-state index contributed by atoms with van der Waals surface area (Å²) < 4.78 is 2.35. The first-order valence-electron chi connectivity index (χ1n) is 11.3. The monoisotopic (exact) mass is 422 g/mol. The summed E-state index contributed by atoms with van der Waals surface area (Å²) in [5.74, 6) is 0.714. The molecule has 4 heterocycles. The molecule has 2 N–H and O–H groups in total. The molecule has 2 aliphatic rings. The highest BCUT2D eigenvalue weighted by molar-refractivity contribution is 6.04. The van der Waals surface area contributed by atoms with Crippen LogP contribution < -0.4 is 10.6 Å². The Hall–Kier alpha value is -3.44. The zero-order valence-corrected chi connectivity index (χ0v) is 18.2. The molecule has 2 aliphatic heterocycles. The van der Waals surface area contributed by atoms with Gasteiger partial charge in [-0.15, -0.1) is 0 Å². The van der Waals surface area contributed by atoms with E-state index in [-0.39, 0.29) is 5.91 Å². The summed E-state index contributed by atoms with van der Waals surface area (Å²) in [7, 11) is 0. The van der Waals surface area contributed by atoms with Crippen LogP contribution in [0.25, 0.3) is 33.3 Å². The van der Waals surface area contributed by atoms with Crippen molar-refractivity contribution in [2.24, 2.45) is 5.92 Å². The van der Waals surface area contributed by atoms with Gasteiger partial charge in [0.1, 0.15) is 0 Å². The summed E-state index contributed by atoms with van der Waals surface area (Å²) in [4.78, 5) is 16.9. The number of amides is 1. The summed E-state index contributed by atoms with van der Waals surface area (Å²) in [6.07, 6.45) is 5.87. The fourth-order valence-corrected chi connectivity index (χ4v) is 5.07. The number of fused-ring (bicyclic) bond motifs is 2. The molecule has 0 saturated carbocycles. The van der Waals surface area contributed by atoms with Gasteiger partial charge in [-0.2, -0.15) is 0 Å². The molecule has 32 heavy (non-hydrogen) atoms. The Morgan fingerprint density at radius 3 is 2.75 bits per heavy atom. The molecule has 0 aliphatic carbocycles. The number of nitrogens with zero attached hydrogens (tertiary/aromatic N) is 2. The zero-order chi connectivity index (χ0) is 21.7. The van der Waals surface area contributed by atoms with Crippen molar-refractivity contribution in [3.05, 3.63) is 72.1 Å². The van der Waals surface area contributed by atoms with Crippen molar-refractivity contribution in [1.29, 1.82) is 0 Å². The molecular formula is C27H26N4O. The molecule has 4 aromatic rings. The highest BCUT2D eigenvalue weighted by atomic mass is 16.1. The number of hydrogen-bond acceptors (Lipinski definition) is 3. The predicted octanol–water partition coefficient (Wildman–Crippen LogP) is 4.78. The van der Waals surface area contributed by atoms with E-state index in [0.717, 1.165) is 58.8 Å². The first-order chi connectivity index (χ1) is 15.7. The molecule has 160 valence electrons. The van der Waals surface area contributed by atoms with E-state index in [2.05, 4.69) is 70.8 Å². The number of hydrogen-bond donors (Lipinski definition) is 2. The molecule has 1 saturated heterocycles. The van der Waals surface area contributed by atoms with E-state index in [0.29, 0.717) is 12.3 Å². The smallest absolute Gasteiger partial charge is 0.228 e. The van der Waals surface area contributed by atoms with Gasteiger partial charge < -0.3 is 15.2 Å². The number of carbonyl (C=O) groups is 1. The number of aryl methyl sites for hydroxylation is 1. The number of benzene rings is 2. The normalized spacial score (nSPS) is 17.7. The van der Waals surface area contributed by atoms with Crippen molar-refractivity contribution in [3.63, 3.8) is 0 Å². The standard InChI is InChI=1S/C27H26N4O/c1-17-2-4-19(5-3-17)27-26(20-6-7-23-21(12-20)13-25(32)30-23)22-9-11-31(24(22)15-29-27)16-18-8-10-28-14-18/h2-7,9,11-12,15,18,28H,8,10,13-14,16H2,1H3,(H,30,32)/t18-/m1/s1. The molecule has 1 fully saturated rings. The molecule has 0 radical (unpaired) electrons. The summed E-state index contributed by atoms with van der Waals surface area (Å²) in [6, 6.07) is 17.1. The summed E-state index contributed by atoms with van der Waals surface area (Å²) in [6.45, 7) is 5.29. The van der Waals surface area contributed by atoms with Gasteiger partial charge in [-0.25, -0.2) is 0 Å². The van der Waals surface area contributed by atoms with Gasteiger partial charge in [0, 0.05) is 34.9 Å². The van der Waals surface area contributed by atoms with Crippen LogP contribution in [0.2, 0.25) is 0 Å². The van der Waals surface area contributed by atoms with Gasteiger partial charge in [-0.3, -0.25) is 9.78 Å². The first kappa shape index (κ1) is 19.3. The third kappa shape index (κ3) is 3.30. The third-order valence-corrected chi connectivity index (χ3v) is 6.79. The van der Waals surface area contributed by atoms with Crippen LogP contribution in [0.3, 0.4) is 0 Å². The molecule has 1 amide bonds. The second-order valence-corrected chi connectivity index (χ2v) is 9.07. The lowest BCUT2D eigenvalue weighted by molar-refractivity contribution is -0.115. The maximum Gasteiger partial charge on any atom is 0.228 e. The lowest BCUT2D eigenvalue weighted by Gasteiger charge is -2.15. The largest absolute Gasteiger partial charge is 0.346 e. The van der Waals surface area contributed by atoms with Crippen LogP contribution in [0.5, 0.6) is 0 Å². The van der Waals surface area contributed by atoms with E-state index >= 15 is 0 Å². The molecule has 2 aromatic heterocycles. The number of pyridine rings is 1. The molecule has 6 rings (SSSR count). The van der Waals surface area contributed by atoms with Gasteiger partial charge in [-0.05, 0) is 61.7 Å². The molecule has 5 nitrogen and oxygen atoms in total. The van der Waals surface area contributed by atoms with Crippen LogP contribution in [0, 0.1) is 12.8 Å². The van der Waals surface area contributed by atoms with Gasteiger partial charge >= 0.3 is 0 Å². The van der Waals surface area contributed by atoms with Crippen LogP contribution in [0.15, 0.2) is 60.9 Å². The lowest BCUT2D eigenvalue weighted by atomic mass is 9.94. The van der Waals surface area contributed by atoms with E-state index in [1.54, 1.807) is 0 Å². The van der Waals surface area contributed by atoms with Crippen molar-refractivity contribution in [2.45, 2.75) is 26.3 Å². The second kappa shape index (κ2) is 7.61. The predicted molar refractivity (Wildman–Crippen MR) is 129 cm³/mol. The summed E-state index contributed by atoms with van der Waals surface area (Å²) in [5.41, 5.74) is 8.70. The molecule has 1 atom stereocenters. The number of nitrogens with one attached hydrogen (secondary N) is 2. The third-order valence-electron chi connectivity index (χ3n) is 6.79. The Morgan fingerprint density at radius 1 is 1.09 bits per heavy atom. The topological polar surface area (TPSA) is 59.0 Å². The SMILES string of the molecule is Cc1ccc(-c2ncc3c(ccn3C[C@@H]3CCNC3)c2-c2ccc3c(c2)CC(=O)N3)cc1. The Kier molecular flexibility index (Phi) is 4.58. The van der Waals surface area contributed by atoms with E-state index in [9.17, 15) is 4.79 Å². The Balaban J connectivity index is 1.53. The molecular weight excluding hydrogens is 396 g/mol. The summed E-state index contributed by atoms with van der Waals surface area (Å²) >= 11 is 0. The van der Waals surface area contributed by atoms with E-state index < -0.39 is 0 Å². The highest BCUT2D eigenvalue weighted by Gasteiger charge is 2.22. The minimum Gasteiger partial charge on any atom is -0.346 e. The number of rotatable bonds is 4. The molecule has 5 heteroatoms. The van der Waals surface area contributed by atoms with Crippen molar-refractivity contribution in [1.82, 2.24) is 14.9 Å². The number of aromatic nitrogens is 2. The number of carbonyl (C=O) groups excluding carboxylic acids is 1. The second-order valence-electron chi connectivity index (χ2n) is 9.07. The number of anilines is 1. The maximum absolute atomic E-state index is 11.9. The molecule has 2 aromatic carbocycles. The van der Waals surface area contributed by atoms with E-state index in [1.807, 2.05) is 12.3 Å². The molecule has 0 unspecified atom stereocenters. The van der Waals surface area contributed by atoms with Gasteiger partial charge in [0.15, 0.2) is 0 Å². The lowest BCUT2D eigenvalue weighted by Crippen LogP contribution is -2.14. The van der Waals surface area contributed by atoms with E-state index in [1.165, 1.54) is 17.4 Å². The molecule has 0 spiro atoms. The Bertz CT molecular complexity index is 1330. The fraction of sp³-hybridized carbons (Fsp3) is 0.259. The van der Waals surface area contributed by atoms with Crippen LogP contribution in [0.1, 0.15) is 17.5 Å². The minimum absolute atomic E-state index is 0.0589. The van der Waals surface area contributed by atoms with Crippen LogP contribution in [0.4, 0.5) is 5.69 Å². The van der Waals surface area contributed by atoms with Gasteiger partial charge in [0.25, 0.3) is 0 Å². The van der Waals surface area contributed by atoms with Crippen LogP contribution in [-0.4, -0.2) is 28.5 Å². The summed E-state index contributed by atoms with van der Waals surface area (Å²) in [5, 5.41) is 7.62. The first-order valence-corrected chi connectivity index (χ1v) is 11.3. The average Bonchev–Trinajstić information content (AvgIpc) is 3.53. The van der Waals surface area contributed by atoms with Crippen molar-refractivity contribution in [3.8, 4) is 22.4 Å². The minimum atomic E-state index is 0.0589. The van der Waals surface area contributed by atoms with Gasteiger partial charge in [-0.1, -0.05) is 35.9 Å². The highest BCUT2D eigenvalue weighted by Crippen LogP contribution is 2.39. The van der Waals surface area contributed by atoms with Crippen LogP contribution >= 0.6 is 0 Å². The van der Waals surface area contributed by atoms with E-state index in [4.69, 9.17) is 4.98 Å². The van der Waals surface area contributed by atoms with Crippen molar-refractivity contribution in [2.75, 3.05) is 18.4 Å². The Morgan fingerprint density at radius 2 is 1.94 bits per heavy atom. The van der Waals surface area contributed by atoms with Gasteiger partial charge in [0.05, 0.1) is 23.8 Å². The van der Waals surface area contributed by atoms with Crippen LogP contribution in [-0.2, 0) is 17.8 Å². The zero-order valence-electron chi connectivity index (χ0n) is 18.2. The van der Waals surface area contributed by atoms with Gasteiger partial charge in [0.2, 0.25) is 5.91 Å². The maximum atomic E-state index is 11.9.